The molecular formula is C12H10N2O4S. The molecule has 0 aromatic carbocycles. The Morgan fingerprint density at radius 2 is 2.05 bits per heavy atom. The second kappa shape index (κ2) is 5.49. The number of carboxylic acid groups (broad SMARTS) is 1. The van der Waals surface area contributed by atoms with Crippen molar-refractivity contribution >= 4 is 23.2 Å². The number of H-pyrrole nitrogens is 1. The van der Waals surface area contributed by atoms with Gasteiger partial charge in [-0.15, -0.1) is 11.3 Å². The Morgan fingerprint density at radius 3 is 2.63 bits per heavy atom. The van der Waals surface area contributed by atoms with Gasteiger partial charge in [0.25, 0.3) is 5.91 Å². The van der Waals surface area contributed by atoms with Crippen LogP contribution in [0.3, 0.4) is 0 Å². The summed E-state index contributed by atoms with van der Waals surface area (Å²) < 4.78 is 0. The molecule has 0 spiro atoms. The molecule has 19 heavy (non-hydrogen) atoms. The number of aromatic amines is 1. The molecule has 2 rings (SSSR count). The Bertz CT molecular complexity index is 648. The lowest BCUT2D eigenvalue weighted by Gasteiger charge is -2.12. The van der Waals surface area contributed by atoms with Crippen molar-refractivity contribution in [1.82, 2.24) is 10.3 Å². The third-order valence-electron chi connectivity index (χ3n) is 2.36. The standard InChI is InChI=1S/C12H10N2O4S/c15-9-5-1-3-7(13-9)11(16)14-10(12(17)18)8-4-2-6-19-8/h1-6,10H,(H,13,15)(H,14,16)(H,17,18). The van der Waals surface area contributed by atoms with Gasteiger partial charge in [0, 0.05) is 10.9 Å². The second-order valence-electron chi connectivity index (χ2n) is 3.69. The van der Waals surface area contributed by atoms with Crippen molar-refractivity contribution in [2.75, 3.05) is 0 Å². The lowest BCUT2D eigenvalue weighted by Crippen LogP contribution is -2.34. The van der Waals surface area contributed by atoms with Crippen molar-refractivity contribution in [2.24, 2.45) is 0 Å². The van der Waals surface area contributed by atoms with Gasteiger partial charge in [-0.2, -0.15) is 0 Å². The third-order valence-corrected chi connectivity index (χ3v) is 3.30. The molecule has 1 unspecified atom stereocenters. The summed E-state index contributed by atoms with van der Waals surface area (Å²) >= 11 is 1.23. The van der Waals surface area contributed by atoms with Crippen LogP contribution in [-0.4, -0.2) is 22.0 Å². The first-order valence-electron chi connectivity index (χ1n) is 5.34. The first-order chi connectivity index (χ1) is 9.08. The topological polar surface area (TPSA) is 99.3 Å². The van der Waals surface area contributed by atoms with Crippen LogP contribution in [0.15, 0.2) is 40.5 Å². The molecule has 0 aliphatic carbocycles. The van der Waals surface area contributed by atoms with Crippen molar-refractivity contribution in [2.45, 2.75) is 6.04 Å². The molecule has 3 N–H and O–H groups in total. The molecule has 7 heteroatoms. The molecule has 0 bridgehead atoms. The molecular weight excluding hydrogens is 268 g/mol. The molecule has 0 fully saturated rings. The number of pyridine rings is 1. The second-order valence-corrected chi connectivity index (χ2v) is 4.67. The van der Waals surface area contributed by atoms with E-state index in [1.807, 2.05) is 0 Å². The first-order valence-corrected chi connectivity index (χ1v) is 6.22. The van der Waals surface area contributed by atoms with E-state index < -0.39 is 23.5 Å². The summed E-state index contributed by atoms with van der Waals surface area (Å²) in [6.07, 6.45) is 0. The highest BCUT2D eigenvalue weighted by atomic mass is 32.1. The van der Waals surface area contributed by atoms with Crippen LogP contribution in [0.2, 0.25) is 0 Å². The van der Waals surface area contributed by atoms with E-state index in [0.717, 1.165) is 0 Å². The molecule has 0 saturated heterocycles. The normalized spacial score (nSPS) is 11.8. The fraction of sp³-hybridized carbons (Fsp3) is 0.0833. The number of amides is 1. The number of hydrogen-bond acceptors (Lipinski definition) is 4. The summed E-state index contributed by atoms with van der Waals surface area (Å²) in [6.45, 7) is 0. The summed E-state index contributed by atoms with van der Waals surface area (Å²) in [5, 5.41) is 13.2. The quantitative estimate of drug-likeness (QED) is 0.776. The largest absolute Gasteiger partial charge is 0.479 e. The maximum atomic E-state index is 11.9. The average molecular weight is 278 g/mol. The van der Waals surface area contributed by atoms with E-state index in [-0.39, 0.29) is 5.69 Å². The Morgan fingerprint density at radius 1 is 1.26 bits per heavy atom. The highest BCUT2D eigenvalue weighted by Crippen LogP contribution is 2.19. The number of nitrogens with one attached hydrogen (secondary N) is 2. The molecule has 2 heterocycles. The van der Waals surface area contributed by atoms with E-state index in [2.05, 4.69) is 10.3 Å². The summed E-state index contributed by atoms with van der Waals surface area (Å²) in [4.78, 5) is 37.0. The van der Waals surface area contributed by atoms with E-state index in [4.69, 9.17) is 5.11 Å². The first kappa shape index (κ1) is 13.0. The predicted octanol–water partition coefficient (Wildman–Crippen LogP) is 0.992. The van der Waals surface area contributed by atoms with E-state index >= 15 is 0 Å². The summed E-state index contributed by atoms with van der Waals surface area (Å²) in [5.74, 6) is -1.80. The monoisotopic (exact) mass is 278 g/mol. The number of rotatable bonds is 4. The van der Waals surface area contributed by atoms with Gasteiger partial charge in [-0.05, 0) is 17.5 Å². The van der Waals surface area contributed by atoms with Crippen molar-refractivity contribution in [3.05, 3.63) is 56.6 Å². The van der Waals surface area contributed by atoms with Gasteiger partial charge < -0.3 is 15.4 Å². The van der Waals surface area contributed by atoms with Crippen molar-refractivity contribution < 1.29 is 14.7 Å². The smallest absolute Gasteiger partial charge is 0.331 e. The number of hydrogen-bond donors (Lipinski definition) is 3. The number of carboxylic acids is 1. The zero-order valence-electron chi connectivity index (χ0n) is 9.62. The summed E-state index contributed by atoms with van der Waals surface area (Å²) in [7, 11) is 0. The van der Waals surface area contributed by atoms with Gasteiger partial charge in [0.1, 0.15) is 5.69 Å². The molecule has 2 aromatic rings. The van der Waals surface area contributed by atoms with E-state index in [1.54, 1.807) is 17.5 Å². The summed E-state index contributed by atoms with van der Waals surface area (Å²) in [5.41, 5.74) is -0.397. The molecule has 1 atom stereocenters. The van der Waals surface area contributed by atoms with Crippen LogP contribution in [-0.2, 0) is 4.79 Å². The predicted molar refractivity (Wildman–Crippen MR) is 69.2 cm³/mol. The summed E-state index contributed by atoms with van der Waals surface area (Å²) in [6, 6.07) is 6.30. The third kappa shape index (κ3) is 3.08. The fourth-order valence-corrected chi connectivity index (χ4v) is 2.27. The molecule has 6 nitrogen and oxygen atoms in total. The Balaban J connectivity index is 2.21. The number of aromatic nitrogens is 1. The SMILES string of the molecule is O=C(NC(C(=O)O)c1cccs1)c1cccc(=O)[nH]1. The molecule has 1 amide bonds. The molecule has 0 radical (unpaired) electrons. The molecule has 0 saturated carbocycles. The maximum Gasteiger partial charge on any atom is 0.331 e. The lowest BCUT2D eigenvalue weighted by molar-refractivity contribution is -0.139. The van der Waals surface area contributed by atoms with E-state index in [0.29, 0.717) is 4.88 Å². The molecule has 98 valence electrons. The van der Waals surface area contributed by atoms with Crippen molar-refractivity contribution in [3.63, 3.8) is 0 Å². The molecule has 0 aliphatic heterocycles. The van der Waals surface area contributed by atoms with Crippen LogP contribution >= 0.6 is 11.3 Å². The van der Waals surface area contributed by atoms with Gasteiger partial charge in [0.2, 0.25) is 5.56 Å². The lowest BCUT2D eigenvalue weighted by atomic mass is 10.2. The minimum absolute atomic E-state index is 0.0234. The highest BCUT2D eigenvalue weighted by molar-refractivity contribution is 7.10. The average Bonchev–Trinajstić information content (AvgIpc) is 2.88. The van der Waals surface area contributed by atoms with Crippen LogP contribution in [0, 0.1) is 0 Å². The minimum atomic E-state index is -1.16. The van der Waals surface area contributed by atoms with Crippen LogP contribution in [0.4, 0.5) is 0 Å². The fourth-order valence-electron chi connectivity index (χ4n) is 1.50. The van der Waals surface area contributed by atoms with E-state index in [1.165, 1.54) is 29.5 Å². The number of carbonyl (C=O) groups is 2. The van der Waals surface area contributed by atoms with Crippen LogP contribution < -0.4 is 10.9 Å². The van der Waals surface area contributed by atoms with Crippen LogP contribution in [0.1, 0.15) is 21.4 Å². The van der Waals surface area contributed by atoms with Crippen molar-refractivity contribution in [3.8, 4) is 0 Å². The Labute approximate surface area is 111 Å². The Kier molecular flexibility index (Phi) is 3.76. The zero-order valence-corrected chi connectivity index (χ0v) is 10.4. The van der Waals surface area contributed by atoms with Gasteiger partial charge in [0.05, 0.1) is 0 Å². The van der Waals surface area contributed by atoms with Crippen LogP contribution in [0.25, 0.3) is 0 Å². The van der Waals surface area contributed by atoms with Crippen molar-refractivity contribution in [1.29, 1.82) is 0 Å². The van der Waals surface area contributed by atoms with Gasteiger partial charge in [-0.25, -0.2) is 4.79 Å². The number of thiophene rings is 1. The molecule has 2 aromatic heterocycles. The van der Waals surface area contributed by atoms with Gasteiger partial charge in [-0.1, -0.05) is 12.1 Å². The van der Waals surface area contributed by atoms with Gasteiger partial charge in [0.15, 0.2) is 6.04 Å². The van der Waals surface area contributed by atoms with Gasteiger partial charge in [-0.3, -0.25) is 9.59 Å². The number of aliphatic carboxylic acids is 1. The molecule has 0 aliphatic rings. The van der Waals surface area contributed by atoms with Gasteiger partial charge >= 0.3 is 5.97 Å². The zero-order chi connectivity index (χ0) is 13.8. The highest BCUT2D eigenvalue weighted by Gasteiger charge is 2.23. The van der Waals surface area contributed by atoms with E-state index in [9.17, 15) is 14.4 Å². The van der Waals surface area contributed by atoms with Crippen LogP contribution in [0.5, 0.6) is 0 Å². The maximum absolute atomic E-state index is 11.9. The number of carbonyl (C=O) groups excluding carboxylic acids is 1. The minimum Gasteiger partial charge on any atom is -0.479 e. The Hall–Kier alpha value is -2.41.